The van der Waals surface area contributed by atoms with Crippen molar-refractivity contribution in [1.82, 2.24) is 9.55 Å². The van der Waals surface area contributed by atoms with Crippen LogP contribution in [0.2, 0.25) is 0 Å². The molecule has 1 aromatic carbocycles. The Bertz CT molecular complexity index is 707. The first-order valence-electron chi connectivity index (χ1n) is 5.46. The molecule has 0 aliphatic carbocycles. The fourth-order valence-electron chi connectivity index (χ4n) is 2.11. The molecule has 3 aromatic rings. The highest BCUT2D eigenvalue weighted by atomic mass is 32.1. The van der Waals surface area contributed by atoms with Crippen LogP contribution in [-0.4, -0.2) is 9.55 Å². The zero-order chi connectivity index (χ0) is 11.8. The minimum Gasteiger partial charge on any atom is -0.306 e. The van der Waals surface area contributed by atoms with Gasteiger partial charge in [-0.05, 0) is 30.0 Å². The quantitative estimate of drug-likeness (QED) is 0.739. The van der Waals surface area contributed by atoms with Crippen molar-refractivity contribution in [3.63, 3.8) is 0 Å². The molecule has 3 nitrogen and oxygen atoms in total. The van der Waals surface area contributed by atoms with Crippen LogP contribution in [0.15, 0.2) is 40.5 Å². The number of H-pyrrole nitrogens is 1. The summed E-state index contributed by atoms with van der Waals surface area (Å²) in [6, 6.07) is 9.99. The third-order valence-corrected chi connectivity index (χ3v) is 3.75. The van der Waals surface area contributed by atoms with Crippen molar-refractivity contribution >= 4 is 22.4 Å². The Morgan fingerprint density at radius 3 is 2.94 bits per heavy atom. The zero-order valence-electron chi connectivity index (χ0n) is 9.43. The zero-order valence-corrected chi connectivity index (χ0v) is 10.3. The van der Waals surface area contributed by atoms with Crippen LogP contribution in [0.5, 0.6) is 0 Å². The standard InChI is InChI=1S/C13H12N2OS/c1-9-4-2-6-11-12(9)15(13(16)14-11)8-10-5-3-7-17-10/h2-7H,8H2,1H3,(H,14,16). The predicted octanol–water partition coefficient (Wildman–Crippen LogP) is 2.75. The summed E-state index contributed by atoms with van der Waals surface area (Å²) in [5, 5.41) is 2.03. The van der Waals surface area contributed by atoms with Gasteiger partial charge in [0.1, 0.15) is 0 Å². The maximum Gasteiger partial charge on any atom is 0.326 e. The highest BCUT2D eigenvalue weighted by Gasteiger charge is 2.09. The van der Waals surface area contributed by atoms with Crippen molar-refractivity contribution < 1.29 is 0 Å². The minimum atomic E-state index is -0.0392. The number of hydrogen-bond acceptors (Lipinski definition) is 2. The van der Waals surface area contributed by atoms with Gasteiger partial charge in [-0.1, -0.05) is 18.2 Å². The van der Waals surface area contributed by atoms with Crippen LogP contribution in [0.4, 0.5) is 0 Å². The molecule has 0 fully saturated rings. The van der Waals surface area contributed by atoms with Crippen molar-refractivity contribution in [2.24, 2.45) is 0 Å². The average molecular weight is 244 g/mol. The maximum absolute atomic E-state index is 11.9. The van der Waals surface area contributed by atoms with Gasteiger partial charge in [0.2, 0.25) is 0 Å². The topological polar surface area (TPSA) is 37.8 Å². The molecule has 0 saturated carbocycles. The molecule has 1 N–H and O–H groups in total. The number of aryl methyl sites for hydroxylation is 1. The number of nitrogens with one attached hydrogen (secondary N) is 1. The van der Waals surface area contributed by atoms with E-state index < -0.39 is 0 Å². The Kier molecular flexibility index (Phi) is 2.37. The molecule has 0 atom stereocenters. The molecule has 0 aliphatic heterocycles. The maximum atomic E-state index is 11.9. The lowest BCUT2D eigenvalue weighted by Gasteiger charge is -2.03. The fraction of sp³-hybridized carbons (Fsp3) is 0.154. The molecule has 2 aromatic heterocycles. The van der Waals surface area contributed by atoms with Gasteiger partial charge in [-0.3, -0.25) is 4.57 Å². The monoisotopic (exact) mass is 244 g/mol. The van der Waals surface area contributed by atoms with E-state index in [0.717, 1.165) is 16.6 Å². The summed E-state index contributed by atoms with van der Waals surface area (Å²) in [5.41, 5.74) is 3.00. The summed E-state index contributed by atoms with van der Waals surface area (Å²) >= 11 is 1.67. The van der Waals surface area contributed by atoms with Crippen LogP contribution in [0.1, 0.15) is 10.4 Å². The highest BCUT2D eigenvalue weighted by molar-refractivity contribution is 7.09. The Labute approximate surface area is 102 Å². The molecule has 0 unspecified atom stereocenters. The Hall–Kier alpha value is -1.81. The van der Waals surface area contributed by atoms with Crippen LogP contribution in [0, 0.1) is 6.92 Å². The summed E-state index contributed by atoms with van der Waals surface area (Å²) in [6.45, 7) is 2.67. The molecule has 86 valence electrons. The normalized spacial score (nSPS) is 11.1. The van der Waals surface area contributed by atoms with Crippen molar-refractivity contribution in [2.45, 2.75) is 13.5 Å². The smallest absolute Gasteiger partial charge is 0.306 e. The van der Waals surface area contributed by atoms with Crippen LogP contribution >= 0.6 is 11.3 Å². The lowest BCUT2D eigenvalue weighted by Crippen LogP contribution is -2.17. The van der Waals surface area contributed by atoms with E-state index in [4.69, 9.17) is 0 Å². The third-order valence-electron chi connectivity index (χ3n) is 2.89. The second-order valence-electron chi connectivity index (χ2n) is 4.07. The van der Waals surface area contributed by atoms with Gasteiger partial charge in [-0.2, -0.15) is 0 Å². The van der Waals surface area contributed by atoms with E-state index in [1.807, 2.05) is 42.6 Å². The van der Waals surface area contributed by atoms with Crippen molar-refractivity contribution in [3.05, 3.63) is 56.6 Å². The largest absolute Gasteiger partial charge is 0.326 e. The number of para-hydroxylation sites is 1. The summed E-state index contributed by atoms with van der Waals surface area (Å²) in [6.07, 6.45) is 0. The first kappa shape index (κ1) is 10.4. The van der Waals surface area contributed by atoms with Gasteiger partial charge in [-0.15, -0.1) is 11.3 Å². The lowest BCUT2D eigenvalue weighted by molar-refractivity contribution is 0.796. The van der Waals surface area contributed by atoms with Gasteiger partial charge < -0.3 is 4.98 Å². The van der Waals surface area contributed by atoms with Gasteiger partial charge in [0.25, 0.3) is 0 Å². The van der Waals surface area contributed by atoms with E-state index in [0.29, 0.717) is 6.54 Å². The third kappa shape index (κ3) is 1.70. The Morgan fingerprint density at radius 2 is 2.18 bits per heavy atom. The predicted molar refractivity (Wildman–Crippen MR) is 70.7 cm³/mol. The number of rotatable bonds is 2. The molecule has 0 spiro atoms. The van der Waals surface area contributed by atoms with Crippen LogP contribution < -0.4 is 5.69 Å². The number of aromatic nitrogens is 2. The SMILES string of the molecule is Cc1cccc2[nH]c(=O)n(Cc3cccs3)c12. The summed E-state index contributed by atoms with van der Waals surface area (Å²) in [7, 11) is 0. The van der Waals surface area contributed by atoms with E-state index in [9.17, 15) is 4.79 Å². The summed E-state index contributed by atoms with van der Waals surface area (Å²) < 4.78 is 1.80. The molecule has 0 saturated heterocycles. The molecular formula is C13H12N2OS. The molecule has 0 aliphatic rings. The second kappa shape index (κ2) is 3.89. The van der Waals surface area contributed by atoms with Gasteiger partial charge in [-0.25, -0.2) is 4.79 Å². The molecular weight excluding hydrogens is 232 g/mol. The van der Waals surface area contributed by atoms with E-state index in [2.05, 4.69) is 4.98 Å². The Morgan fingerprint density at radius 1 is 1.29 bits per heavy atom. The van der Waals surface area contributed by atoms with Gasteiger partial charge in [0.05, 0.1) is 17.6 Å². The number of fused-ring (bicyclic) bond motifs is 1. The second-order valence-corrected chi connectivity index (χ2v) is 5.10. The van der Waals surface area contributed by atoms with Crippen molar-refractivity contribution in [3.8, 4) is 0 Å². The molecule has 0 radical (unpaired) electrons. The first-order chi connectivity index (χ1) is 8.25. The van der Waals surface area contributed by atoms with Gasteiger partial charge in [0.15, 0.2) is 0 Å². The number of imidazole rings is 1. The molecule has 0 bridgehead atoms. The first-order valence-corrected chi connectivity index (χ1v) is 6.34. The average Bonchev–Trinajstić information content (AvgIpc) is 2.89. The van der Waals surface area contributed by atoms with E-state index in [-0.39, 0.29) is 5.69 Å². The molecule has 0 amide bonds. The van der Waals surface area contributed by atoms with E-state index >= 15 is 0 Å². The molecule has 17 heavy (non-hydrogen) atoms. The summed E-state index contributed by atoms with van der Waals surface area (Å²) in [5.74, 6) is 0. The molecule has 4 heteroatoms. The number of thiophene rings is 1. The highest BCUT2D eigenvalue weighted by Crippen LogP contribution is 2.17. The van der Waals surface area contributed by atoms with Crippen molar-refractivity contribution in [1.29, 1.82) is 0 Å². The number of benzene rings is 1. The van der Waals surface area contributed by atoms with Gasteiger partial charge in [0, 0.05) is 4.88 Å². The van der Waals surface area contributed by atoms with E-state index in [1.165, 1.54) is 4.88 Å². The Balaban J connectivity index is 2.21. The number of hydrogen-bond donors (Lipinski definition) is 1. The lowest BCUT2D eigenvalue weighted by atomic mass is 10.2. The van der Waals surface area contributed by atoms with Crippen molar-refractivity contribution in [2.75, 3.05) is 0 Å². The minimum absolute atomic E-state index is 0.0392. The number of aromatic amines is 1. The van der Waals surface area contributed by atoms with Gasteiger partial charge >= 0.3 is 5.69 Å². The van der Waals surface area contributed by atoms with Crippen LogP contribution in [-0.2, 0) is 6.54 Å². The van der Waals surface area contributed by atoms with E-state index in [1.54, 1.807) is 15.9 Å². The summed E-state index contributed by atoms with van der Waals surface area (Å²) in [4.78, 5) is 16.0. The number of nitrogens with zero attached hydrogens (tertiary/aromatic N) is 1. The van der Waals surface area contributed by atoms with Crippen LogP contribution in [0.25, 0.3) is 11.0 Å². The fourth-order valence-corrected chi connectivity index (χ4v) is 2.80. The molecule has 2 heterocycles. The molecule has 3 rings (SSSR count). The van der Waals surface area contributed by atoms with Crippen LogP contribution in [0.3, 0.4) is 0 Å².